The van der Waals surface area contributed by atoms with Gasteiger partial charge in [0.05, 0.1) is 12.7 Å². The first-order valence-corrected chi connectivity index (χ1v) is 7.77. The number of ether oxygens (including phenoxy) is 1. The van der Waals surface area contributed by atoms with Crippen molar-refractivity contribution >= 4 is 0 Å². The van der Waals surface area contributed by atoms with E-state index < -0.39 is 0 Å². The van der Waals surface area contributed by atoms with Gasteiger partial charge in [-0.3, -0.25) is 0 Å². The van der Waals surface area contributed by atoms with Crippen molar-refractivity contribution < 1.29 is 13.7 Å². The fourth-order valence-corrected chi connectivity index (χ4v) is 2.67. The molecule has 6 heteroatoms. The highest BCUT2D eigenvalue weighted by molar-refractivity contribution is 5.78. The summed E-state index contributed by atoms with van der Waals surface area (Å²) in [5.41, 5.74) is 3.03. The van der Waals surface area contributed by atoms with Gasteiger partial charge in [0, 0.05) is 5.56 Å². The third kappa shape index (κ3) is 2.67. The summed E-state index contributed by atoms with van der Waals surface area (Å²) < 4.78 is 16.6. The van der Waals surface area contributed by atoms with E-state index in [1.165, 1.54) is 0 Å². The minimum absolute atomic E-state index is 0.360. The topological polar surface area (TPSA) is 74.2 Å². The minimum atomic E-state index is 0.360. The van der Waals surface area contributed by atoms with E-state index >= 15 is 0 Å². The molecule has 2 aromatic heterocycles. The Balaban J connectivity index is 1.81. The molecule has 0 N–H and O–H groups in total. The third-order valence-electron chi connectivity index (χ3n) is 3.89. The smallest absolute Gasteiger partial charge is 0.254 e. The lowest BCUT2D eigenvalue weighted by atomic mass is 10.1. The second kappa shape index (κ2) is 6.24. The van der Waals surface area contributed by atoms with Crippen molar-refractivity contribution in [3.63, 3.8) is 0 Å². The first kappa shape index (κ1) is 15.1. The van der Waals surface area contributed by atoms with Gasteiger partial charge >= 0.3 is 0 Å². The van der Waals surface area contributed by atoms with Crippen LogP contribution in [-0.2, 0) is 0 Å². The van der Waals surface area contributed by atoms with Gasteiger partial charge in [-0.2, -0.15) is 0 Å². The zero-order valence-electron chi connectivity index (χ0n) is 13.8. The molecule has 4 rings (SSSR count). The van der Waals surface area contributed by atoms with Crippen LogP contribution in [0, 0.1) is 6.92 Å². The molecule has 0 amide bonds. The average Bonchev–Trinajstić information content (AvgIpc) is 3.29. The van der Waals surface area contributed by atoms with Crippen LogP contribution in [0.15, 0.2) is 63.5 Å². The molecule has 0 saturated heterocycles. The maximum Gasteiger partial charge on any atom is 0.254 e. The van der Waals surface area contributed by atoms with Gasteiger partial charge in [-0.05, 0) is 19.1 Å². The summed E-state index contributed by atoms with van der Waals surface area (Å²) in [6, 6.07) is 17.2. The maximum atomic E-state index is 5.90. The molecular weight excluding hydrogens is 318 g/mol. The molecule has 0 fully saturated rings. The van der Waals surface area contributed by atoms with Gasteiger partial charge in [0.15, 0.2) is 0 Å². The van der Waals surface area contributed by atoms with Gasteiger partial charge in [-0.15, -0.1) is 10.2 Å². The highest BCUT2D eigenvalue weighted by Crippen LogP contribution is 2.36. The van der Waals surface area contributed by atoms with Crippen LogP contribution in [0.4, 0.5) is 0 Å². The summed E-state index contributed by atoms with van der Waals surface area (Å²) in [4.78, 5) is 0. The van der Waals surface area contributed by atoms with Crippen LogP contribution < -0.4 is 4.74 Å². The second-order valence-corrected chi connectivity index (χ2v) is 5.44. The Morgan fingerprint density at radius 2 is 1.60 bits per heavy atom. The Kier molecular flexibility index (Phi) is 3.78. The quantitative estimate of drug-likeness (QED) is 0.552. The summed E-state index contributed by atoms with van der Waals surface area (Å²) >= 11 is 0. The van der Waals surface area contributed by atoms with E-state index in [1.54, 1.807) is 7.11 Å². The number of rotatable bonds is 4. The Bertz CT molecular complexity index is 1010. The first-order chi connectivity index (χ1) is 12.3. The van der Waals surface area contributed by atoms with Crippen LogP contribution in [0.1, 0.15) is 5.76 Å². The molecule has 0 bridgehead atoms. The lowest BCUT2D eigenvalue weighted by molar-refractivity contribution is 0.399. The molecule has 0 aliphatic rings. The first-order valence-electron chi connectivity index (χ1n) is 7.77. The standard InChI is InChI=1S/C19H15N3O3/c1-12-16(17(22-25-12)13-8-4-3-5-9-13)19-21-20-18(24-19)14-10-6-7-11-15(14)23-2/h3-11H,1-2H3. The van der Waals surface area contributed by atoms with Crippen molar-refractivity contribution in [3.8, 4) is 39.9 Å². The molecule has 0 aliphatic heterocycles. The van der Waals surface area contributed by atoms with Gasteiger partial charge < -0.3 is 13.7 Å². The normalized spacial score (nSPS) is 10.8. The lowest BCUT2D eigenvalue weighted by Gasteiger charge is -2.03. The predicted octanol–water partition coefficient (Wildman–Crippen LogP) is 4.38. The van der Waals surface area contributed by atoms with Crippen LogP contribution in [-0.4, -0.2) is 22.5 Å². The van der Waals surface area contributed by atoms with E-state index in [1.807, 2.05) is 61.5 Å². The van der Waals surface area contributed by atoms with Gasteiger partial charge in [0.25, 0.3) is 11.8 Å². The molecular formula is C19H15N3O3. The van der Waals surface area contributed by atoms with E-state index in [-0.39, 0.29) is 0 Å². The largest absolute Gasteiger partial charge is 0.496 e. The molecule has 0 spiro atoms. The molecule has 124 valence electrons. The Hall–Kier alpha value is -3.41. The van der Waals surface area contributed by atoms with E-state index in [0.29, 0.717) is 34.5 Å². The highest BCUT2D eigenvalue weighted by atomic mass is 16.5. The van der Waals surface area contributed by atoms with E-state index in [2.05, 4.69) is 15.4 Å². The number of methoxy groups -OCH3 is 1. The van der Waals surface area contributed by atoms with Gasteiger partial charge in [-0.25, -0.2) is 0 Å². The number of aromatic nitrogens is 3. The molecule has 2 aromatic carbocycles. The van der Waals surface area contributed by atoms with E-state index in [9.17, 15) is 0 Å². The molecule has 2 heterocycles. The zero-order valence-corrected chi connectivity index (χ0v) is 13.8. The van der Waals surface area contributed by atoms with Crippen molar-refractivity contribution in [2.24, 2.45) is 0 Å². The SMILES string of the molecule is COc1ccccc1-c1nnc(-c2c(-c3ccccc3)noc2C)o1. The zero-order chi connectivity index (χ0) is 17.2. The van der Waals surface area contributed by atoms with Crippen LogP contribution >= 0.6 is 0 Å². The summed E-state index contributed by atoms with van der Waals surface area (Å²) in [6.45, 7) is 1.82. The highest BCUT2D eigenvalue weighted by Gasteiger charge is 2.23. The summed E-state index contributed by atoms with van der Waals surface area (Å²) in [6.07, 6.45) is 0. The van der Waals surface area contributed by atoms with Crippen molar-refractivity contribution in [2.75, 3.05) is 7.11 Å². The van der Waals surface area contributed by atoms with Gasteiger partial charge in [-0.1, -0.05) is 47.6 Å². The minimum Gasteiger partial charge on any atom is -0.496 e. The van der Waals surface area contributed by atoms with Crippen LogP contribution in [0.5, 0.6) is 5.75 Å². The van der Waals surface area contributed by atoms with Crippen molar-refractivity contribution in [2.45, 2.75) is 6.92 Å². The molecule has 0 unspecified atom stereocenters. The molecule has 0 atom stereocenters. The Morgan fingerprint density at radius 3 is 2.40 bits per heavy atom. The van der Waals surface area contributed by atoms with Crippen molar-refractivity contribution in [3.05, 3.63) is 60.4 Å². The Labute approximate surface area is 144 Å². The summed E-state index contributed by atoms with van der Waals surface area (Å²) in [5, 5.41) is 12.5. The van der Waals surface area contributed by atoms with Crippen molar-refractivity contribution in [1.29, 1.82) is 0 Å². The van der Waals surface area contributed by atoms with Crippen LogP contribution in [0.3, 0.4) is 0 Å². The Morgan fingerprint density at radius 1 is 0.880 bits per heavy atom. The fourth-order valence-electron chi connectivity index (χ4n) is 2.67. The lowest BCUT2D eigenvalue weighted by Crippen LogP contribution is -1.87. The third-order valence-corrected chi connectivity index (χ3v) is 3.89. The number of hydrogen-bond acceptors (Lipinski definition) is 6. The van der Waals surface area contributed by atoms with Crippen molar-refractivity contribution in [1.82, 2.24) is 15.4 Å². The summed E-state index contributed by atoms with van der Waals surface area (Å²) in [5.74, 6) is 2.03. The molecule has 4 aromatic rings. The van der Waals surface area contributed by atoms with Gasteiger partial charge in [0.1, 0.15) is 22.8 Å². The number of hydrogen-bond donors (Lipinski definition) is 0. The molecule has 0 aliphatic carbocycles. The molecule has 0 radical (unpaired) electrons. The molecule has 25 heavy (non-hydrogen) atoms. The van der Waals surface area contributed by atoms with Crippen LogP contribution in [0.25, 0.3) is 34.2 Å². The molecule has 0 saturated carbocycles. The number of benzene rings is 2. The second-order valence-electron chi connectivity index (χ2n) is 5.44. The van der Waals surface area contributed by atoms with E-state index in [4.69, 9.17) is 13.7 Å². The van der Waals surface area contributed by atoms with Crippen LogP contribution in [0.2, 0.25) is 0 Å². The molecule has 6 nitrogen and oxygen atoms in total. The number of nitrogens with zero attached hydrogens (tertiary/aromatic N) is 3. The fraction of sp³-hybridized carbons (Fsp3) is 0.105. The average molecular weight is 333 g/mol. The maximum absolute atomic E-state index is 5.90. The van der Waals surface area contributed by atoms with Gasteiger partial charge in [0.2, 0.25) is 0 Å². The van der Waals surface area contributed by atoms with E-state index in [0.717, 1.165) is 11.1 Å². The number of para-hydroxylation sites is 1. The summed E-state index contributed by atoms with van der Waals surface area (Å²) in [7, 11) is 1.60. The monoisotopic (exact) mass is 333 g/mol. The predicted molar refractivity (Wildman–Crippen MR) is 92.0 cm³/mol. The number of aryl methyl sites for hydroxylation is 1.